The molecule has 1 amide bonds. The van der Waals surface area contributed by atoms with Crippen LogP contribution in [0.25, 0.3) is 0 Å². The van der Waals surface area contributed by atoms with Crippen molar-refractivity contribution in [3.8, 4) is 0 Å². The molecule has 4 aliphatic carbocycles. The number of halogens is 1. The van der Waals surface area contributed by atoms with E-state index in [4.69, 9.17) is 11.6 Å². The molecule has 5 fully saturated rings. The van der Waals surface area contributed by atoms with E-state index in [0.717, 1.165) is 37.7 Å². The Balaban J connectivity index is 1.22. The van der Waals surface area contributed by atoms with Gasteiger partial charge in [-0.1, -0.05) is 17.7 Å². The van der Waals surface area contributed by atoms with Gasteiger partial charge in [0.15, 0.2) is 0 Å². The van der Waals surface area contributed by atoms with E-state index in [9.17, 15) is 13.2 Å². The standard InChI is InChI=1S/C23H31ClN2O3S/c1-16-2-4-20(5-3-16)30(28,29)26-8-6-19(7-9-26)25-21(27)22-11-17-10-18(12-22)14-23(24,13-17)15-22/h2-5,17-19H,6-15H2,1H3,(H,25,27)/t17-,18-,22?,23?/m1/s1. The Labute approximate surface area is 184 Å². The molecule has 6 rings (SSSR count). The topological polar surface area (TPSA) is 66.5 Å². The van der Waals surface area contributed by atoms with E-state index < -0.39 is 10.0 Å². The molecule has 2 atom stereocenters. The van der Waals surface area contributed by atoms with E-state index >= 15 is 0 Å². The lowest BCUT2D eigenvalue weighted by molar-refractivity contribution is -0.145. The molecule has 164 valence electrons. The Kier molecular flexibility index (Phi) is 4.99. The molecule has 4 saturated carbocycles. The van der Waals surface area contributed by atoms with Crippen LogP contribution in [0, 0.1) is 24.2 Å². The first kappa shape index (κ1) is 20.8. The summed E-state index contributed by atoms with van der Waals surface area (Å²) in [5.41, 5.74) is 0.746. The van der Waals surface area contributed by atoms with Crippen LogP contribution >= 0.6 is 11.6 Å². The second-order valence-electron chi connectivity index (χ2n) is 10.4. The van der Waals surface area contributed by atoms with E-state index in [0.29, 0.717) is 42.7 Å². The molecule has 1 aromatic carbocycles. The second-order valence-corrected chi connectivity index (χ2v) is 13.1. The van der Waals surface area contributed by atoms with Crippen molar-refractivity contribution in [3.05, 3.63) is 29.8 Å². The lowest BCUT2D eigenvalue weighted by Gasteiger charge is -2.59. The van der Waals surface area contributed by atoms with Crippen LogP contribution in [0.15, 0.2) is 29.2 Å². The van der Waals surface area contributed by atoms with Crippen LogP contribution < -0.4 is 5.32 Å². The number of aryl methyl sites for hydroxylation is 1. The number of carbonyl (C=O) groups excluding carboxylic acids is 1. The summed E-state index contributed by atoms with van der Waals surface area (Å²) in [6, 6.07) is 7.05. The van der Waals surface area contributed by atoms with Crippen molar-refractivity contribution in [2.24, 2.45) is 17.3 Å². The number of nitrogens with zero attached hydrogens (tertiary/aromatic N) is 1. The molecule has 4 bridgehead atoms. The van der Waals surface area contributed by atoms with Gasteiger partial charge in [-0.2, -0.15) is 4.31 Å². The first-order chi connectivity index (χ1) is 14.2. The third kappa shape index (κ3) is 3.59. The van der Waals surface area contributed by atoms with Crippen molar-refractivity contribution in [3.63, 3.8) is 0 Å². The van der Waals surface area contributed by atoms with Gasteiger partial charge in [0.05, 0.1) is 10.3 Å². The van der Waals surface area contributed by atoms with Crippen LogP contribution in [0.1, 0.15) is 56.9 Å². The van der Waals surface area contributed by atoms with Crippen LogP contribution in [0.3, 0.4) is 0 Å². The van der Waals surface area contributed by atoms with Crippen LogP contribution in [0.4, 0.5) is 0 Å². The van der Waals surface area contributed by atoms with E-state index in [1.165, 1.54) is 6.42 Å². The van der Waals surface area contributed by atoms with E-state index in [-0.39, 0.29) is 22.2 Å². The van der Waals surface area contributed by atoms with Gasteiger partial charge in [0, 0.05) is 24.0 Å². The maximum atomic E-state index is 13.3. The lowest BCUT2D eigenvalue weighted by Crippen LogP contribution is -2.60. The van der Waals surface area contributed by atoms with Crippen molar-refractivity contribution < 1.29 is 13.2 Å². The highest BCUT2D eigenvalue weighted by Gasteiger charge is 2.60. The Bertz CT molecular complexity index is 924. The zero-order chi connectivity index (χ0) is 21.1. The number of carbonyl (C=O) groups is 1. The highest BCUT2D eigenvalue weighted by molar-refractivity contribution is 7.89. The van der Waals surface area contributed by atoms with Crippen LogP contribution in [-0.2, 0) is 14.8 Å². The zero-order valence-electron chi connectivity index (χ0n) is 17.6. The summed E-state index contributed by atoms with van der Waals surface area (Å²) in [5, 5.41) is 3.29. The second kappa shape index (κ2) is 7.21. The number of hydrogen-bond donors (Lipinski definition) is 1. The van der Waals surface area contributed by atoms with Gasteiger partial charge in [-0.25, -0.2) is 8.42 Å². The third-order valence-electron chi connectivity index (χ3n) is 7.92. The highest BCUT2D eigenvalue weighted by Crippen LogP contribution is 2.63. The van der Waals surface area contributed by atoms with Gasteiger partial charge in [0.1, 0.15) is 0 Å². The Morgan fingerprint density at radius 2 is 1.67 bits per heavy atom. The molecular weight excluding hydrogens is 420 g/mol. The molecular formula is C23H31ClN2O3S. The number of sulfonamides is 1. The van der Waals surface area contributed by atoms with Gasteiger partial charge >= 0.3 is 0 Å². The predicted molar refractivity (Wildman–Crippen MR) is 117 cm³/mol. The maximum absolute atomic E-state index is 13.3. The van der Waals surface area contributed by atoms with Crippen molar-refractivity contribution in [2.75, 3.05) is 13.1 Å². The van der Waals surface area contributed by atoms with Gasteiger partial charge in [0.25, 0.3) is 0 Å². The Morgan fingerprint density at radius 1 is 1.07 bits per heavy atom. The van der Waals surface area contributed by atoms with Gasteiger partial charge in [-0.05, 0) is 82.3 Å². The van der Waals surface area contributed by atoms with Crippen molar-refractivity contribution in [2.45, 2.75) is 74.1 Å². The number of piperidine rings is 1. The predicted octanol–water partition coefficient (Wildman–Crippen LogP) is 3.84. The average Bonchev–Trinajstić information content (AvgIpc) is 2.67. The van der Waals surface area contributed by atoms with Crippen molar-refractivity contribution in [1.82, 2.24) is 9.62 Å². The Hall–Kier alpha value is -1.11. The molecule has 30 heavy (non-hydrogen) atoms. The minimum Gasteiger partial charge on any atom is -0.353 e. The summed E-state index contributed by atoms with van der Waals surface area (Å²) in [6.45, 7) is 2.83. The summed E-state index contributed by atoms with van der Waals surface area (Å²) in [6.07, 6.45) is 7.44. The van der Waals surface area contributed by atoms with Crippen molar-refractivity contribution in [1.29, 1.82) is 0 Å². The molecule has 1 saturated heterocycles. The van der Waals surface area contributed by atoms with Gasteiger partial charge in [0.2, 0.25) is 15.9 Å². The number of hydrogen-bond acceptors (Lipinski definition) is 3. The number of amides is 1. The number of rotatable bonds is 4. The quantitative estimate of drug-likeness (QED) is 0.708. The molecule has 7 heteroatoms. The zero-order valence-corrected chi connectivity index (χ0v) is 19.1. The average molecular weight is 451 g/mol. The monoisotopic (exact) mass is 450 g/mol. The molecule has 0 unspecified atom stereocenters. The fourth-order valence-electron chi connectivity index (χ4n) is 6.85. The number of benzene rings is 1. The van der Waals surface area contributed by atoms with Gasteiger partial charge in [-0.3, -0.25) is 4.79 Å². The summed E-state index contributed by atoms with van der Waals surface area (Å²) >= 11 is 6.89. The normalized spacial score (nSPS) is 36.7. The molecule has 5 nitrogen and oxygen atoms in total. The minimum atomic E-state index is -3.47. The molecule has 1 heterocycles. The highest BCUT2D eigenvalue weighted by atomic mass is 35.5. The summed E-state index contributed by atoms with van der Waals surface area (Å²) in [5.74, 6) is 1.36. The summed E-state index contributed by atoms with van der Waals surface area (Å²) < 4.78 is 27.4. The third-order valence-corrected chi connectivity index (χ3v) is 10.3. The first-order valence-electron chi connectivity index (χ1n) is 11.2. The minimum absolute atomic E-state index is 0.0428. The van der Waals surface area contributed by atoms with Gasteiger partial charge in [-0.15, -0.1) is 11.6 Å². The first-order valence-corrected chi connectivity index (χ1v) is 13.1. The van der Waals surface area contributed by atoms with Crippen LogP contribution in [0.5, 0.6) is 0 Å². The molecule has 1 N–H and O–H groups in total. The smallest absolute Gasteiger partial charge is 0.243 e. The molecule has 1 aromatic rings. The Morgan fingerprint density at radius 3 is 2.23 bits per heavy atom. The molecule has 1 aliphatic heterocycles. The largest absolute Gasteiger partial charge is 0.353 e. The number of nitrogens with one attached hydrogen (secondary N) is 1. The van der Waals surface area contributed by atoms with Crippen LogP contribution in [0.2, 0.25) is 0 Å². The molecule has 0 spiro atoms. The van der Waals surface area contributed by atoms with Gasteiger partial charge < -0.3 is 5.32 Å². The lowest BCUT2D eigenvalue weighted by atomic mass is 9.49. The van der Waals surface area contributed by atoms with E-state index in [2.05, 4.69) is 5.32 Å². The summed E-state index contributed by atoms with van der Waals surface area (Å²) in [7, 11) is -3.47. The molecule has 0 radical (unpaired) electrons. The van der Waals surface area contributed by atoms with Crippen molar-refractivity contribution >= 4 is 27.5 Å². The molecule has 0 aromatic heterocycles. The molecule has 5 aliphatic rings. The fraction of sp³-hybridized carbons (Fsp3) is 0.696. The maximum Gasteiger partial charge on any atom is 0.243 e. The van der Waals surface area contributed by atoms with E-state index in [1.54, 1.807) is 16.4 Å². The van der Waals surface area contributed by atoms with Crippen LogP contribution in [-0.4, -0.2) is 42.6 Å². The summed E-state index contributed by atoms with van der Waals surface area (Å²) in [4.78, 5) is 13.5. The fourth-order valence-corrected chi connectivity index (χ4v) is 9.02. The van der Waals surface area contributed by atoms with E-state index in [1.807, 2.05) is 19.1 Å². The number of alkyl halides is 1. The SMILES string of the molecule is Cc1ccc(S(=O)(=O)N2CCC(NC(=O)C34C[C@H]5C[C@@H](CC(Cl)(C5)C3)C4)CC2)cc1.